The molecule has 0 saturated carbocycles. The monoisotopic (exact) mass is 186 g/mol. The van der Waals surface area contributed by atoms with Gasteiger partial charge in [-0.25, -0.2) is 0 Å². The van der Waals surface area contributed by atoms with Crippen molar-refractivity contribution in [1.29, 1.82) is 0 Å². The fourth-order valence-corrected chi connectivity index (χ4v) is 0.924. The van der Waals surface area contributed by atoms with E-state index in [1.807, 2.05) is 24.3 Å². The van der Waals surface area contributed by atoms with Crippen LogP contribution in [0.5, 0.6) is 0 Å². The van der Waals surface area contributed by atoms with Crippen molar-refractivity contribution in [3.05, 3.63) is 29.3 Å². The number of rotatable bonds is 0. The summed E-state index contributed by atoms with van der Waals surface area (Å²) in [5.74, 6) is 0. The van der Waals surface area contributed by atoms with E-state index in [1.54, 1.807) is 0 Å². The van der Waals surface area contributed by atoms with Crippen LogP contribution in [0.2, 0.25) is 5.02 Å². The summed E-state index contributed by atoms with van der Waals surface area (Å²) < 4.78 is 1.07. The van der Waals surface area contributed by atoms with Crippen molar-refractivity contribution < 1.29 is 0 Å². The number of hydrogen-bond donors (Lipinski definition) is 0. The van der Waals surface area contributed by atoms with Crippen LogP contribution in [-0.2, 0) is 0 Å². The molecule has 0 spiro atoms. The molecule has 0 amide bonds. The summed E-state index contributed by atoms with van der Waals surface area (Å²) in [7, 11) is 0. The van der Waals surface area contributed by atoms with Crippen LogP contribution in [0.15, 0.2) is 24.3 Å². The van der Waals surface area contributed by atoms with Crippen molar-refractivity contribution in [1.82, 2.24) is 0 Å². The molecule has 1 aromatic carbocycles. The van der Waals surface area contributed by atoms with Gasteiger partial charge in [0.15, 0.2) is 0 Å². The van der Waals surface area contributed by atoms with Gasteiger partial charge in [-0.05, 0) is 0 Å². The average Bonchev–Trinajstić information content (AvgIpc) is 1.77. The van der Waals surface area contributed by atoms with Crippen LogP contribution < -0.4 is 4.35 Å². The predicted octanol–water partition coefficient (Wildman–Crippen LogP) is 1.13. The Hall–Kier alpha value is 0.0684. The summed E-state index contributed by atoms with van der Waals surface area (Å²) in [6.45, 7) is 0. The molecule has 1 rings (SSSR count). The SMILES string of the molecule is Clc1ccccc1[As]. The Morgan fingerprint density at radius 2 is 1.88 bits per heavy atom. The molecule has 0 saturated heterocycles. The Morgan fingerprint density at radius 1 is 1.25 bits per heavy atom. The second kappa shape index (κ2) is 2.57. The zero-order valence-corrected chi connectivity index (χ0v) is 6.77. The zero-order valence-electron chi connectivity index (χ0n) is 4.13. The minimum absolute atomic E-state index is 0.813. The first-order valence-electron chi connectivity index (χ1n) is 2.24. The van der Waals surface area contributed by atoms with Gasteiger partial charge >= 0.3 is 62.1 Å². The maximum atomic E-state index is 5.69. The molecule has 0 aromatic heterocycles. The fraction of sp³-hybridized carbons (Fsp3) is 0. The van der Waals surface area contributed by atoms with Crippen LogP contribution in [0.1, 0.15) is 0 Å². The molecule has 0 aliphatic carbocycles. The minimum atomic E-state index is 0.813. The Kier molecular flexibility index (Phi) is 1.99. The Bertz CT molecular complexity index is 165. The van der Waals surface area contributed by atoms with Crippen LogP contribution in [0.25, 0.3) is 0 Å². The summed E-state index contributed by atoms with van der Waals surface area (Å²) in [5, 5.41) is 0.813. The predicted molar refractivity (Wildman–Crippen MR) is 36.8 cm³/mol. The molecule has 0 aliphatic rings. The standard InChI is InChI=1S/C6H4AsCl/c7-5-3-1-2-4-6(5)8/h1-4H. The molecule has 0 aliphatic heterocycles. The molecule has 0 bridgehead atoms. The van der Waals surface area contributed by atoms with Gasteiger partial charge in [-0.3, -0.25) is 0 Å². The third-order valence-electron chi connectivity index (χ3n) is 0.852. The van der Waals surface area contributed by atoms with E-state index in [4.69, 9.17) is 11.6 Å². The molecule has 0 fully saturated rings. The van der Waals surface area contributed by atoms with Crippen LogP contribution in [0, 0.1) is 0 Å². The maximum absolute atomic E-state index is 5.69. The molecule has 0 nitrogen and oxygen atoms in total. The summed E-state index contributed by atoms with van der Waals surface area (Å²) in [6.07, 6.45) is 0. The van der Waals surface area contributed by atoms with Gasteiger partial charge < -0.3 is 0 Å². The van der Waals surface area contributed by atoms with E-state index in [2.05, 4.69) is 16.9 Å². The van der Waals surface area contributed by atoms with Gasteiger partial charge in [-0.2, -0.15) is 0 Å². The summed E-state index contributed by atoms with van der Waals surface area (Å²) in [4.78, 5) is 0. The first-order valence-corrected chi connectivity index (χ1v) is 3.56. The van der Waals surface area contributed by atoms with Crippen LogP contribution in [0.3, 0.4) is 0 Å². The van der Waals surface area contributed by atoms with Gasteiger partial charge in [0, 0.05) is 0 Å². The summed E-state index contributed by atoms with van der Waals surface area (Å²) in [5.41, 5.74) is 0. The first kappa shape index (κ1) is 6.19. The van der Waals surface area contributed by atoms with Gasteiger partial charge in [-0.1, -0.05) is 0 Å². The number of benzene rings is 1. The molecular formula is C6H4AsCl. The molecule has 2 heteroatoms. The van der Waals surface area contributed by atoms with E-state index in [1.165, 1.54) is 0 Å². The fourth-order valence-electron chi connectivity index (χ4n) is 0.452. The molecule has 0 N–H and O–H groups in total. The van der Waals surface area contributed by atoms with E-state index < -0.39 is 0 Å². The average molecular weight is 186 g/mol. The molecular weight excluding hydrogens is 182 g/mol. The van der Waals surface area contributed by atoms with Gasteiger partial charge in [0.2, 0.25) is 0 Å². The first-order chi connectivity index (χ1) is 3.80. The van der Waals surface area contributed by atoms with Crippen LogP contribution >= 0.6 is 11.6 Å². The van der Waals surface area contributed by atoms with Gasteiger partial charge in [0.05, 0.1) is 0 Å². The molecule has 0 atom stereocenters. The van der Waals surface area contributed by atoms with Crippen LogP contribution in [0.4, 0.5) is 0 Å². The van der Waals surface area contributed by atoms with Crippen molar-refractivity contribution in [2.75, 3.05) is 0 Å². The second-order valence-corrected chi connectivity index (χ2v) is 2.87. The van der Waals surface area contributed by atoms with Crippen LogP contribution in [-0.4, -0.2) is 16.9 Å². The topological polar surface area (TPSA) is 0 Å². The van der Waals surface area contributed by atoms with E-state index in [-0.39, 0.29) is 0 Å². The normalized spacial score (nSPS) is 9.25. The summed E-state index contributed by atoms with van der Waals surface area (Å²) >= 11 is 8.11. The van der Waals surface area contributed by atoms with E-state index in [0.29, 0.717) is 0 Å². The molecule has 40 valence electrons. The van der Waals surface area contributed by atoms with Gasteiger partial charge in [0.1, 0.15) is 0 Å². The quantitative estimate of drug-likeness (QED) is 0.533. The molecule has 0 heterocycles. The van der Waals surface area contributed by atoms with Crippen molar-refractivity contribution >= 4 is 32.8 Å². The second-order valence-electron chi connectivity index (χ2n) is 1.45. The van der Waals surface area contributed by atoms with Crippen molar-refractivity contribution in [3.8, 4) is 0 Å². The Morgan fingerprint density at radius 3 is 2.25 bits per heavy atom. The molecule has 2 radical (unpaired) electrons. The summed E-state index contributed by atoms with van der Waals surface area (Å²) in [6, 6.07) is 7.70. The van der Waals surface area contributed by atoms with E-state index >= 15 is 0 Å². The zero-order chi connectivity index (χ0) is 5.98. The third kappa shape index (κ3) is 1.27. The van der Waals surface area contributed by atoms with Crippen molar-refractivity contribution in [3.63, 3.8) is 0 Å². The number of halogens is 1. The van der Waals surface area contributed by atoms with Crippen molar-refractivity contribution in [2.45, 2.75) is 0 Å². The molecule has 0 unspecified atom stereocenters. The van der Waals surface area contributed by atoms with E-state index in [0.717, 1.165) is 9.37 Å². The Labute approximate surface area is 62.4 Å². The van der Waals surface area contributed by atoms with Crippen molar-refractivity contribution in [2.24, 2.45) is 0 Å². The third-order valence-corrected chi connectivity index (χ3v) is 2.29. The van der Waals surface area contributed by atoms with Gasteiger partial charge in [0.25, 0.3) is 0 Å². The van der Waals surface area contributed by atoms with E-state index in [9.17, 15) is 0 Å². The Balaban J connectivity index is 3.13. The molecule has 1 aromatic rings. The molecule has 8 heavy (non-hydrogen) atoms. The van der Waals surface area contributed by atoms with Gasteiger partial charge in [-0.15, -0.1) is 0 Å². The number of hydrogen-bond acceptors (Lipinski definition) is 0.